The Labute approximate surface area is 119 Å². The van der Waals surface area contributed by atoms with Crippen molar-refractivity contribution in [1.82, 2.24) is 4.90 Å². The number of nitrogens with zero attached hydrogens (tertiary/aromatic N) is 1. The average molecular weight is 279 g/mol. The Morgan fingerprint density at radius 2 is 2.37 bits per heavy atom. The van der Waals surface area contributed by atoms with Gasteiger partial charge in [-0.2, -0.15) is 0 Å². The molecule has 1 atom stereocenters. The van der Waals surface area contributed by atoms with Crippen molar-refractivity contribution in [3.05, 3.63) is 29.3 Å². The lowest BCUT2D eigenvalue weighted by Gasteiger charge is -2.30. The fourth-order valence-electron chi connectivity index (χ4n) is 2.27. The molecule has 1 aromatic rings. The van der Waals surface area contributed by atoms with Crippen molar-refractivity contribution < 1.29 is 4.74 Å². The number of thiocarbonyl (C=S) groups is 1. The van der Waals surface area contributed by atoms with Gasteiger partial charge in [0.25, 0.3) is 0 Å². The Morgan fingerprint density at radius 1 is 1.58 bits per heavy atom. The number of nitrogens with one attached hydrogen (secondary N) is 1. The second-order valence-electron chi connectivity index (χ2n) is 5.03. The molecule has 5 heteroatoms. The minimum Gasteiger partial charge on any atom is -0.389 e. The van der Waals surface area contributed by atoms with Crippen LogP contribution in [0.3, 0.4) is 0 Å². The molecule has 3 N–H and O–H groups in total. The Bertz CT molecular complexity index is 464. The molecule has 1 aliphatic rings. The summed E-state index contributed by atoms with van der Waals surface area (Å²) in [6, 6.07) is 6.04. The Balaban J connectivity index is 1.92. The average Bonchev–Trinajstić information content (AvgIpc) is 2.36. The first-order valence-corrected chi connectivity index (χ1v) is 6.91. The van der Waals surface area contributed by atoms with Crippen molar-refractivity contribution in [2.24, 2.45) is 5.73 Å². The van der Waals surface area contributed by atoms with Crippen molar-refractivity contribution in [2.45, 2.75) is 13.0 Å². The molecule has 0 spiro atoms. The molecule has 0 bridgehead atoms. The smallest absolute Gasteiger partial charge is 0.104 e. The molecule has 19 heavy (non-hydrogen) atoms. The van der Waals surface area contributed by atoms with Gasteiger partial charge >= 0.3 is 0 Å². The number of benzene rings is 1. The Kier molecular flexibility index (Phi) is 4.74. The highest BCUT2D eigenvalue weighted by atomic mass is 32.1. The van der Waals surface area contributed by atoms with Crippen LogP contribution in [0, 0.1) is 6.92 Å². The van der Waals surface area contributed by atoms with Gasteiger partial charge in [0.05, 0.1) is 12.7 Å². The van der Waals surface area contributed by atoms with E-state index in [9.17, 15) is 0 Å². The third kappa shape index (κ3) is 3.89. The molecule has 1 unspecified atom stereocenters. The number of aryl methyl sites for hydroxylation is 1. The lowest BCUT2D eigenvalue weighted by molar-refractivity contribution is -0.0117. The van der Waals surface area contributed by atoms with E-state index in [1.165, 1.54) is 0 Å². The van der Waals surface area contributed by atoms with Crippen molar-refractivity contribution in [2.75, 3.05) is 38.6 Å². The van der Waals surface area contributed by atoms with Gasteiger partial charge in [-0.1, -0.05) is 12.2 Å². The fraction of sp³-hybridized carbons (Fsp3) is 0.500. The van der Waals surface area contributed by atoms with Crippen LogP contribution in [0.2, 0.25) is 0 Å². The standard InChI is InChI=1S/C14H21N3OS/c1-10-7-11(3-4-13(10)14(15)19)16-8-12-9-17(2)5-6-18-12/h3-4,7,12,16H,5-6,8-9H2,1-2H3,(H2,15,19). The summed E-state index contributed by atoms with van der Waals surface area (Å²) in [7, 11) is 2.12. The zero-order valence-corrected chi connectivity index (χ0v) is 12.3. The van der Waals surface area contributed by atoms with Gasteiger partial charge in [-0.25, -0.2) is 0 Å². The fourth-order valence-corrected chi connectivity index (χ4v) is 2.50. The molecular weight excluding hydrogens is 258 g/mol. The van der Waals surface area contributed by atoms with Gasteiger partial charge in [0.2, 0.25) is 0 Å². The van der Waals surface area contributed by atoms with Crippen LogP contribution < -0.4 is 11.1 Å². The number of anilines is 1. The molecule has 0 saturated carbocycles. The first kappa shape index (κ1) is 14.2. The van der Waals surface area contributed by atoms with Crippen molar-refractivity contribution >= 4 is 22.9 Å². The van der Waals surface area contributed by atoms with E-state index >= 15 is 0 Å². The number of morpholine rings is 1. The van der Waals surface area contributed by atoms with E-state index in [0.717, 1.165) is 43.1 Å². The highest BCUT2D eigenvalue weighted by molar-refractivity contribution is 7.80. The molecule has 0 radical (unpaired) electrons. The third-order valence-corrected chi connectivity index (χ3v) is 3.59. The van der Waals surface area contributed by atoms with Crippen LogP contribution in [0.1, 0.15) is 11.1 Å². The molecule has 2 rings (SSSR count). The summed E-state index contributed by atoms with van der Waals surface area (Å²) in [5.74, 6) is 0. The van der Waals surface area contributed by atoms with Gasteiger partial charge in [0, 0.05) is 30.9 Å². The number of likely N-dealkylation sites (N-methyl/N-ethyl adjacent to an activating group) is 1. The third-order valence-electron chi connectivity index (χ3n) is 3.37. The van der Waals surface area contributed by atoms with E-state index < -0.39 is 0 Å². The van der Waals surface area contributed by atoms with Crippen LogP contribution in [0.15, 0.2) is 18.2 Å². The summed E-state index contributed by atoms with van der Waals surface area (Å²) >= 11 is 5.00. The first-order valence-electron chi connectivity index (χ1n) is 6.50. The van der Waals surface area contributed by atoms with Crippen molar-refractivity contribution in [1.29, 1.82) is 0 Å². The van der Waals surface area contributed by atoms with E-state index in [2.05, 4.69) is 23.3 Å². The van der Waals surface area contributed by atoms with Crippen LogP contribution in [0.4, 0.5) is 5.69 Å². The molecule has 0 aliphatic carbocycles. The zero-order chi connectivity index (χ0) is 13.8. The normalized spacial score (nSPS) is 20.2. The molecule has 0 amide bonds. The monoisotopic (exact) mass is 279 g/mol. The largest absolute Gasteiger partial charge is 0.389 e. The predicted octanol–water partition coefficient (Wildman–Crippen LogP) is 1.37. The molecule has 0 aromatic heterocycles. The van der Waals surface area contributed by atoms with E-state index in [4.69, 9.17) is 22.7 Å². The summed E-state index contributed by atoms with van der Waals surface area (Å²) in [5, 5.41) is 3.41. The predicted molar refractivity (Wildman–Crippen MR) is 82.8 cm³/mol. The topological polar surface area (TPSA) is 50.5 Å². The molecule has 1 fully saturated rings. The molecule has 1 aliphatic heterocycles. The molecule has 104 valence electrons. The molecule has 1 aromatic carbocycles. The van der Waals surface area contributed by atoms with Gasteiger partial charge < -0.3 is 20.7 Å². The van der Waals surface area contributed by atoms with Crippen LogP contribution >= 0.6 is 12.2 Å². The lowest BCUT2D eigenvalue weighted by atomic mass is 10.1. The highest BCUT2D eigenvalue weighted by Gasteiger charge is 2.17. The van der Waals surface area contributed by atoms with Crippen molar-refractivity contribution in [3.8, 4) is 0 Å². The molecular formula is C14H21N3OS. The van der Waals surface area contributed by atoms with Crippen LogP contribution in [0.25, 0.3) is 0 Å². The van der Waals surface area contributed by atoms with Gasteiger partial charge in [-0.05, 0) is 37.7 Å². The quantitative estimate of drug-likeness (QED) is 0.815. The molecule has 1 heterocycles. The summed E-state index contributed by atoms with van der Waals surface area (Å²) in [6.45, 7) is 5.62. The van der Waals surface area contributed by atoms with Crippen LogP contribution in [0.5, 0.6) is 0 Å². The second-order valence-corrected chi connectivity index (χ2v) is 5.47. The summed E-state index contributed by atoms with van der Waals surface area (Å²) < 4.78 is 5.72. The SMILES string of the molecule is Cc1cc(NCC2CN(C)CCO2)ccc1C(N)=S. The Morgan fingerprint density at radius 3 is 3.00 bits per heavy atom. The minimum absolute atomic E-state index is 0.245. The second kappa shape index (κ2) is 6.32. The summed E-state index contributed by atoms with van der Waals surface area (Å²) in [6.07, 6.45) is 0.245. The molecule has 1 saturated heterocycles. The van der Waals surface area contributed by atoms with E-state index in [-0.39, 0.29) is 6.10 Å². The maximum absolute atomic E-state index is 5.72. The number of ether oxygens (including phenoxy) is 1. The number of hydrogen-bond donors (Lipinski definition) is 2. The zero-order valence-electron chi connectivity index (χ0n) is 11.5. The van der Waals surface area contributed by atoms with Gasteiger partial charge in [-0.15, -0.1) is 0 Å². The van der Waals surface area contributed by atoms with Gasteiger partial charge in [-0.3, -0.25) is 0 Å². The lowest BCUT2D eigenvalue weighted by Crippen LogP contribution is -2.43. The van der Waals surface area contributed by atoms with E-state index in [0.29, 0.717) is 4.99 Å². The molecule has 4 nitrogen and oxygen atoms in total. The maximum atomic E-state index is 5.72. The number of rotatable bonds is 4. The minimum atomic E-state index is 0.245. The van der Waals surface area contributed by atoms with E-state index in [1.807, 2.05) is 19.1 Å². The maximum Gasteiger partial charge on any atom is 0.104 e. The number of nitrogens with two attached hydrogens (primary N) is 1. The number of hydrogen-bond acceptors (Lipinski definition) is 4. The van der Waals surface area contributed by atoms with Gasteiger partial charge in [0.1, 0.15) is 4.99 Å². The highest BCUT2D eigenvalue weighted by Crippen LogP contribution is 2.15. The van der Waals surface area contributed by atoms with Crippen molar-refractivity contribution in [3.63, 3.8) is 0 Å². The summed E-state index contributed by atoms with van der Waals surface area (Å²) in [4.78, 5) is 2.73. The van der Waals surface area contributed by atoms with Crippen LogP contribution in [-0.4, -0.2) is 49.3 Å². The van der Waals surface area contributed by atoms with Crippen LogP contribution in [-0.2, 0) is 4.74 Å². The van der Waals surface area contributed by atoms with E-state index in [1.54, 1.807) is 0 Å². The summed E-state index contributed by atoms with van der Waals surface area (Å²) in [5.41, 5.74) is 8.77. The van der Waals surface area contributed by atoms with Gasteiger partial charge in [0.15, 0.2) is 0 Å². The first-order chi connectivity index (χ1) is 9.06. The Hall–Kier alpha value is -1.17.